The van der Waals surface area contributed by atoms with Crippen LogP contribution in [0.3, 0.4) is 0 Å². The summed E-state index contributed by atoms with van der Waals surface area (Å²) in [5.74, 6) is 0.784. The van der Waals surface area contributed by atoms with Crippen LogP contribution in [0.25, 0.3) is 0 Å². The third-order valence-corrected chi connectivity index (χ3v) is 2.95. The molecule has 1 amide bonds. The number of carbonyl (C=O) groups is 1. The van der Waals surface area contributed by atoms with Gasteiger partial charge in [0.25, 0.3) is 0 Å². The molecule has 100 valence electrons. The number of amides is 1. The number of nitrogens with zero attached hydrogens (tertiary/aromatic N) is 3. The minimum absolute atomic E-state index is 0.0327. The van der Waals surface area contributed by atoms with Crippen molar-refractivity contribution >= 4 is 5.91 Å². The Morgan fingerprint density at radius 2 is 2.39 bits per heavy atom. The van der Waals surface area contributed by atoms with Crippen LogP contribution in [0.5, 0.6) is 0 Å². The molecule has 0 aliphatic carbocycles. The second-order valence-electron chi connectivity index (χ2n) is 4.65. The standard InChI is InChI=1S/C11H20N6O/c1-8-5-14-9(6-13-8)11(18)12-4-3-10-15-7-17(2)16-10/h7-9,13-14H,3-6H2,1-2H3,(H,12,18). The smallest absolute Gasteiger partial charge is 0.238 e. The summed E-state index contributed by atoms with van der Waals surface area (Å²) in [5, 5.41) is 13.5. The van der Waals surface area contributed by atoms with Gasteiger partial charge < -0.3 is 16.0 Å². The van der Waals surface area contributed by atoms with Crippen LogP contribution in [0.2, 0.25) is 0 Å². The van der Waals surface area contributed by atoms with Crippen LogP contribution in [0.15, 0.2) is 6.33 Å². The van der Waals surface area contributed by atoms with Crippen LogP contribution in [-0.2, 0) is 18.3 Å². The predicted molar refractivity (Wildman–Crippen MR) is 67.0 cm³/mol. The highest BCUT2D eigenvalue weighted by atomic mass is 16.2. The fraction of sp³-hybridized carbons (Fsp3) is 0.727. The maximum absolute atomic E-state index is 11.8. The van der Waals surface area contributed by atoms with Crippen molar-refractivity contribution in [1.82, 2.24) is 30.7 Å². The first-order chi connectivity index (χ1) is 8.65. The lowest BCUT2D eigenvalue weighted by Crippen LogP contribution is -2.59. The van der Waals surface area contributed by atoms with E-state index in [1.807, 2.05) is 7.05 Å². The van der Waals surface area contributed by atoms with E-state index in [4.69, 9.17) is 0 Å². The largest absolute Gasteiger partial charge is 0.354 e. The summed E-state index contributed by atoms with van der Waals surface area (Å²) < 4.78 is 1.66. The van der Waals surface area contributed by atoms with Crippen LogP contribution in [-0.4, -0.2) is 52.4 Å². The van der Waals surface area contributed by atoms with Gasteiger partial charge in [0, 0.05) is 39.1 Å². The number of nitrogens with one attached hydrogen (secondary N) is 3. The Bertz CT molecular complexity index is 396. The van der Waals surface area contributed by atoms with Crippen LogP contribution < -0.4 is 16.0 Å². The molecule has 2 atom stereocenters. The van der Waals surface area contributed by atoms with Crippen LogP contribution >= 0.6 is 0 Å². The van der Waals surface area contributed by atoms with Crippen molar-refractivity contribution in [2.24, 2.45) is 7.05 Å². The predicted octanol–water partition coefficient (Wildman–Crippen LogP) is -1.58. The molecule has 0 bridgehead atoms. The monoisotopic (exact) mass is 252 g/mol. The van der Waals surface area contributed by atoms with Crippen molar-refractivity contribution in [3.63, 3.8) is 0 Å². The molecule has 1 saturated heterocycles. The molecule has 0 aromatic carbocycles. The maximum Gasteiger partial charge on any atom is 0.238 e. The molecule has 0 radical (unpaired) electrons. The van der Waals surface area contributed by atoms with Crippen LogP contribution in [0.1, 0.15) is 12.7 Å². The molecule has 0 spiro atoms. The van der Waals surface area contributed by atoms with Crippen LogP contribution in [0.4, 0.5) is 0 Å². The van der Waals surface area contributed by atoms with E-state index in [0.29, 0.717) is 25.6 Å². The Labute approximate surface area is 106 Å². The molecular formula is C11H20N6O. The third-order valence-electron chi connectivity index (χ3n) is 2.95. The van der Waals surface area contributed by atoms with Gasteiger partial charge in [0.15, 0.2) is 5.82 Å². The SMILES string of the molecule is CC1CNC(C(=O)NCCc2ncn(C)n2)CN1. The summed E-state index contributed by atoms with van der Waals surface area (Å²) in [5.41, 5.74) is 0. The molecule has 1 fully saturated rings. The zero-order valence-electron chi connectivity index (χ0n) is 10.8. The highest BCUT2D eigenvalue weighted by molar-refractivity contribution is 5.82. The molecule has 1 aromatic rings. The summed E-state index contributed by atoms with van der Waals surface area (Å²) in [6, 6.07) is 0.282. The molecule has 18 heavy (non-hydrogen) atoms. The minimum Gasteiger partial charge on any atom is -0.354 e. The van der Waals surface area contributed by atoms with Gasteiger partial charge in [0.1, 0.15) is 6.33 Å². The van der Waals surface area contributed by atoms with Crippen molar-refractivity contribution < 1.29 is 4.79 Å². The van der Waals surface area contributed by atoms with Crippen LogP contribution in [0, 0.1) is 0 Å². The molecule has 3 N–H and O–H groups in total. The van der Waals surface area contributed by atoms with E-state index in [2.05, 4.69) is 33.0 Å². The van der Waals surface area contributed by atoms with Crippen molar-refractivity contribution in [2.75, 3.05) is 19.6 Å². The van der Waals surface area contributed by atoms with Crippen molar-refractivity contribution in [2.45, 2.75) is 25.4 Å². The Hall–Kier alpha value is -1.47. The zero-order chi connectivity index (χ0) is 13.0. The van der Waals surface area contributed by atoms with Gasteiger partial charge >= 0.3 is 0 Å². The van der Waals surface area contributed by atoms with Gasteiger partial charge in [-0.2, -0.15) is 5.10 Å². The van der Waals surface area contributed by atoms with Crippen molar-refractivity contribution in [3.8, 4) is 0 Å². The average Bonchev–Trinajstić information content (AvgIpc) is 2.76. The average molecular weight is 252 g/mol. The van der Waals surface area contributed by atoms with E-state index >= 15 is 0 Å². The Balaban J connectivity index is 1.68. The van der Waals surface area contributed by atoms with Gasteiger partial charge in [0.05, 0.1) is 6.04 Å². The van der Waals surface area contributed by atoms with E-state index in [1.54, 1.807) is 11.0 Å². The van der Waals surface area contributed by atoms with E-state index in [9.17, 15) is 4.79 Å². The van der Waals surface area contributed by atoms with E-state index in [1.165, 1.54) is 0 Å². The second-order valence-corrected chi connectivity index (χ2v) is 4.65. The molecular weight excluding hydrogens is 232 g/mol. The lowest BCUT2D eigenvalue weighted by molar-refractivity contribution is -0.123. The number of piperazine rings is 1. The number of rotatable bonds is 4. The number of aryl methyl sites for hydroxylation is 1. The first-order valence-corrected chi connectivity index (χ1v) is 6.24. The third kappa shape index (κ3) is 3.51. The van der Waals surface area contributed by atoms with E-state index < -0.39 is 0 Å². The number of carbonyl (C=O) groups excluding carboxylic acids is 1. The van der Waals surface area contributed by atoms with Crippen molar-refractivity contribution in [1.29, 1.82) is 0 Å². The minimum atomic E-state index is -0.141. The van der Waals surface area contributed by atoms with E-state index in [-0.39, 0.29) is 11.9 Å². The van der Waals surface area contributed by atoms with Gasteiger partial charge in [-0.05, 0) is 6.92 Å². The first kappa shape index (κ1) is 13.0. The summed E-state index contributed by atoms with van der Waals surface area (Å²) >= 11 is 0. The molecule has 1 aliphatic rings. The van der Waals surface area contributed by atoms with Gasteiger partial charge in [0.2, 0.25) is 5.91 Å². The zero-order valence-corrected chi connectivity index (χ0v) is 10.8. The Morgan fingerprint density at radius 3 is 3.00 bits per heavy atom. The molecule has 2 unspecified atom stereocenters. The number of hydrogen-bond donors (Lipinski definition) is 3. The lowest BCUT2D eigenvalue weighted by Gasteiger charge is -2.28. The quantitative estimate of drug-likeness (QED) is 0.602. The Morgan fingerprint density at radius 1 is 1.56 bits per heavy atom. The van der Waals surface area contributed by atoms with E-state index in [0.717, 1.165) is 12.4 Å². The number of aromatic nitrogens is 3. The normalized spacial score (nSPS) is 23.9. The summed E-state index contributed by atoms with van der Waals surface area (Å²) in [7, 11) is 1.83. The summed E-state index contributed by atoms with van der Waals surface area (Å²) in [6.45, 7) is 4.15. The lowest BCUT2D eigenvalue weighted by atomic mass is 10.1. The Kier molecular flexibility index (Phi) is 4.27. The summed E-state index contributed by atoms with van der Waals surface area (Å²) in [6.07, 6.45) is 2.31. The molecule has 0 saturated carbocycles. The molecule has 2 heterocycles. The van der Waals surface area contributed by atoms with Crippen molar-refractivity contribution in [3.05, 3.63) is 12.2 Å². The molecule has 7 nitrogen and oxygen atoms in total. The highest BCUT2D eigenvalue weighted by Crippen LogP contribution is 1.94. The fourth-order valence-electron chi connectivity index (χ4n) is 1.89. The first-order valence-electron chi connectivity index (χ1n) is 6.24. The molecule has 1 aliphatic heterocycles. The maximum atomic E-state index is 11.8. The second kappa shape index (κ2) is 5.92. The summed E-state index contributed by atoms with van der Waals surface area (Å²) in [4.78, 5) is 15.9. The van der Waals surface area contributed by atoms with Gasteiger partial charge in [-0.3, -0.25) is 9.48 Å². The fourth-order valence-corrected chi connectivity index (χ4v) is 1.89. The highest BCUT2D eigenvalue weighted by Gasteiger charge is 2.22. The number of hydrogen-bond acceptors (Lipinski definition) is 5. The van der Waals surface area contributed by atoms with Gasteiger partial charge in [-0.25, -0.2) is 4.98 Å². The topological polar surface area (TPSA) is 83.9 Å². The molecule has 2 rings (SSSR count). The van der Waals surface area contributed by atoms with Gasteiger partial charge in [-0.1, -0.05) is 0 Å². The molecule has 1 aromatic heterocycles. The molecule has 7 heteroatoms. The van der Waals surface area contributed by atoms with Gasteiger partial charge in [-0.15, -0.1) is 0 Å².